The van der Waals surface area contributed by atoms with E-state index < -0.39 is 0 Å². The van der Waals surface area contributed by atoms with Gasteiger partial charge in [-0.1, -0.05) is 24.3 Å². The van der Waals surface area contributed by atoms with Crippen molar-refractivity contribution in [3.63, 3.8) is 0 Å². The Balaban J connectivity index is 2.14. The average Bonchev–Trinajstić information content (AvgIpc) is 2.30. The fourth-order valence-electron chi connectivity index (χ4n) is 2.67. The predicted molar refractivity (Wildman–Crippen MR) is 69.5 cm³/mol. The van der Waals surface area contributed by atoms with Crippen molar-refractivity contribution in [3.8, 4) is 0 Å². The summed E-state index contributed by atoms with van der Waals surface area (Å²) in [5, 5.41) is 0. The lowest BCUT2D eigenvalue weighted by Gasteiger charge is -2.43. The van der Waals surface area contributed by atoms with Crippen LogP contribution in [-0.4, -0.2) is 12.7 Å². The highest BCUT2D eigenvalue weighted by Crippen LogP contribution is 2.41. The molecule has 1 unspecified atom stereocenters. The largest absolute Gasteiger partial charge is 0.378 e. The first kappa shape index (κ1) is 12.6. The number of aryl methyl sites for hydroxylation is 1. The molecule has 1 aromatic carbocycles. The Morgan fingerprint density at radius 2 is 2.12 bits per heavy atom. The van der Waals surface area contributed by atoms with E-state index in [0.29, 0.717) is 0 Å². The molecule has 0 bridgehead atoms. The third kappa shape index (κ3) is 2.51. The normalized spacial score (nSPS) is 19.7. The molecule has 3 heteroatoms. The number of ether oxygens (including phenoxy) is 1. The molecule has 1 saturated carbocycles. The van der Waals surface area contributed by atoms with Crippen LogP contribution in [0.1, 0.15) is 42.9 Å². The minimum atomic E-state index is 0.0410. The Kier molecular flexibility index (Phi) is 3.82. The molecule has 0 radical (unpaired) electrons. The Morgan fingerprint density at radius 3 is 2.59 bits per heavy atom. The van der Waals surface area contributed by atoms with Crippen molar-refractivity contribution in [2.45, 2.75) is 44.2 Å². The van der Waals surface area contributed by atoms with Crippen molar-refractivity contribution < 1.29 is 4.74 Å². The van der Waals surface area contributed by atoms with E-state index in [1.165, 1.54) is 17.5 Å². The van der Waals surface area contributed by atoms with E-state index in [4.69, 9.17) is 10.6 Å². The SMILES string of the molecule is COC1(CC(NN)c2ccccc2C)CCC1. The zero-order chi connectivity index (χ0) is 12.3. The lowest BCUT2D eigenvalue weighted by atomic mass is 9.74. The first-order valence-electron chi connectivity index (χ1n) is 6.27. The van der Waals surface area contributed by atoms with Gasteiger partial charge in [0.15, 0.2) is 0 Å². The van der Waals surface area contributed by atoms with Crippen LogP contribution in [0.4, 0.5) is 0 Å². The van der Waals surface area contributed by atoms with Gasteiger partial charge in [-0.2, -0.15) is 0 Å². The standard InChI is InChI=1S/C14H22N2O/c1-11-6-3-4-7-12(11)13(16-15)10-14(17-2)8-5-9-14/h3-4,6-7,13,16H,5,8-10,15H2,1-2H3. The molecule has 1 atom stereocenters. The van der Waals surface area contributed by atoms with E-state index in [9.17, 15) is 0 Å². The van der Waals surface area contributed by atoms with Crippen LogP contribution >= 0.6 is 0 Å². The number of nitrogens with one attached hydrogen (secondary N) is 1. The number of methoxy groups -OCH3 is 1. The fourth-order valence-corrected chi connectivity index (χ4v) is 2.67. The van der Waals surface area contributed by atoms with Gasteiger partial charge < -0.3 is 4.74 Å². The number of hydrogen-bond donors (Lipinski definition) is 2. The first-order chi connectivity index (χ1) is 8.21. The lowest BCUT2D eigenvalue weighted by Crippen LogP contribution is -2.44. The second-order valence-electron chi connectivity index (χ2n) is 5.02. The quantitative estimate of drug-likeness (QED) is 0.607. The Labute approximate surface area is 103 Å². The Morgan fingerprint density at radius 1 is 1.41 bits per heavy atom. The van der Waals surface area contributed by atoms with Crippen LogP contribution in [0.3, 0.4) is 0 Å². The molecule has 3 nitrogen and oxygen atoms in total. The monoisotopic (exact) mass is 234 g/mol. The molecule has 1 aliphatic rings. The van der Waals surface area contributed by atoms with E-state index in [1.807, 2.05) is 7.11 Å². The third-order valence-electron chi connectivity index (χ3n) is 4.04. The molecular weight excluding hydrogens is 212 g/mol. The number of hydrazine groups is 1. The highest BCUT2D eigenvalue weighted by molar-refractivity contribution is 5.29. The van der Waals surface area contributed by atoms with Crippen LogP contribution in [0.5, 0.6) is 0 Å². The summed E-state index contributed by atoms with van der Waals surface area (Å²) in [6.07, 6.45) is 4.50. The lowest BCUT2D eigenvalue weighted by molar-refractivity contribution is -0.0838. The van der Waals surface area contributed by atoms with Gasteiger partial charge in [0, 0.05) is 13.2 Å². The van der Waals surface area contributed by atoms with Crippen LogP contribution in [0.25, 0.3) is 0 Å². The number of hydrogen-bond acceptors (Lipinski definition) is 3. The molecule has 1 aliphatic carbocycles. The second kappa shape index (κ2) is 5.17. The van der Waals surface area contributed by atoms with E-state index in [-0.39, 0.29) is 11.6 Å². The van der Waals surface area contributed by atoms with Gasteiger partial charge in [-0.05, 0) is 43.7 Å². The van der Waals surface area contributed by atoms with E-state index in [1.54, 1.807) is 0 Å². The summed E-state index contributed by atoms with van der Waals surface area (Å²) in [5.41, 5.74) is 5.53. The molecule has 17 heavy (non-hydrogen) atoms. The number of nitrogens with two attached hydrogens (primary N) is 1. The first-order valence-corrected chi connectivity index (χ1v) is 6.27. The van der Waals surface area contributed by atoms with Gasteiger partial charge >= 0.3 is 0 Å². The summed E-state index contributed by atoms with van der Waals surface area (Å²) in [5.74, 6) is 5.71. The summed E-state index contributed by atoms with van der Waals surface area (Å²) in [4.78, 5) is 0. The van der Waals surface area contributed by atoms with Gasteiger partial charge in [-0.3, -0.25) is 11.3 Å². The zero-order valence-electron chi connectivity index (χ0n) is 10.7. The maximum absolute atomic E-state index is 5.71. The minimum absolute atomic E-state index is 0.0410. The van der Waals surface area contributed by atoms with Crippen molar-refractivity contribution in [1.82, 2.24) is 5.43 Å². The molecule has 1 aromatic rings. The molecule has 0 saturated heterocycles. The summed E-state index contributed by atoms with van der Waals surface area (Å²) in [7, 11) is 1.81. The molecule has 0 spiro atoms. The van der Waals surface area contributed by atoms with Crippen molar-refractivity contribution >= 4 is 0 Å². The number of rotatable bonds is 5. The Bertz CT molecular complexity index is 369. The molecule has 2 rings (SSSR count). The summed E-state index contributed by atoms with van der Waals surface area (Å²) >= 11 is 0. The van der Waals surface area contributed by atoms with E-state index >= 15 is 0 Å². The highest BCUT2D eigenvalue weighted by atomic mass is 16.5. The fraction of sp³-hybridized carbons (Fsp3) is 0.571. The van der Waals surface area contributed by atoms with Gasteiger partial charge in [-0.25, -0.2) is 0 Å². The zero-order valence-corrected chi connectivity index (χ0v) is 10.7. The summed E-state index contributed by atoms with van der Waals surface area (Å²) in [6.45, 7) is 2.12. The molecule has 0 amide bonds. The van der Waals surface area contributed by atoms with Gasteiger partial charge in [-0.15, -0.1) is 0 Å². The predicted octanol–water partition coefficient (Wildman–Crippen LogP) is 2.46. The van der Waals surface area contributed by atoms with Gasteiger partial charge in [0.2, 0.25) is 0 Å². The van der Waals surface area contributed by atoms with Crippen LogP contribution in [0.15, 0.2) is 24.3 Å². The third-order valence-corrected chi connectivity index (χ3v) is 4.04. The maximum atomic E-state index is 5.71. The minimum Gasteiger partial charge on any atom is -0.378 e. The Hall–Kier alpha value is -0.900. The van der Waals surface area contributed by atoms with Crippen LogP contribution < -0.4 is 11.3 Å². The molecule has 0 heterocycles. The van der Waals surface area contributed by atoms with Gasteiger partial charge in [0.1, 0.15) is 0 Å². The van der Waals surface area contributed by atoms with Crippen LogP contribution in [0.2, 0.25) is 0 Å². The maximum Gasteiger partial charge on any atom is 0.0697 e. The summed E-state index contributed by atoms with van der Waals surface area (Å²) < 4.78 is 5.67. The van der Waals surface area contributed by atoms with Gasteiger partial charge in [0.25, 0.3) is 0 Å². The van der Waals surface area contributed by atoms with Crippen molar-refractivity contribution in [2.75, 3.05) is 7.11 Å². The van der Waals surface area contributed by atoms with E-state index in [0.717, 1.165) is 19.3 Å². The van der Waals surface area contributed by atoms with Crippen LogP contribution in [-0.2, 0) is 4.74 Å². The summed E-state index contributed by atoms with van der Waals surface area (Å²) in [6, 6.07) is 8.56. The van der Waals surface area contributed by atoms with Gasteiger partial charge in [0.05, 0.1) is 5.60 Å². The van der Waals surface area contributed by atoms with Crippen molar-refractivity contribution in [3.05, 3.63) is 35.4 Å². The molecule has 94 valence electrons. The number of benzene rings is 1. The van der Waals surface area contributed by atoms with Crippen LogP contribution in [0, 0.1) is 6.92 Å². The molecule has 3 N–H and O–H groups in total. The van der Waals surface area contributed by atoms with Crippen molar-refractivity contribution in [1.29, 1.82) is 0 Å². The topological polar surface area (TPSA) is 47.3 Å². The smallest absolute Gasteiger partial charge is 0.0697 e. The molecule has 1 fully saturated rings. The van der Waals surface area contributed by atoms with Crippen molar-refractivity contribution in [2.24, 2.45) is 5.84 Å². The van der Waals surface area contributed by atoms with E-state index in [2.05, 4.69) is 36.6 Å². The molecule has 0 aromatic heterocycles. The second-order valence-corrected chi connectivity index (χ2v) is 5.02. The molecule has 0 aliphatic heterocycles. The average molecular weight is 234 g/mol. The molecular formula is C14H22N2O. The highest BCUT2D eigenvalue weighted by Gasteiger charge is 2.39.